The van der Waals surface area contributed by atoms with Crippen molar-refractivity contribution in [2.24, 2.45) is 0 Å². The number of fused-ring (bicyclic) bond motifs is 9. The molecule has 0 saturated carbocycles. The average Bonchev–Trinajstić information content (AvgIpc) is 3.62. The van der Waals surface area contributed by atoms with E-state index in [1.807, 2.05) is 6.07 Å². The van der Waals surface area contributed by atoms with E-state index in [0.717, 1.165) is 39.0 Å². The average molecular weight is 718 g/mol. The van der Waals surface area contributed by atoms with E-state index < -0.39 is 0 Å². The van der Waals surface area contributed by atoms with Crippen molar-refractivity contribution in [2.75, 3.05) is 4.90 Å². The normalized spacial score (nSPS) is 12.2. The second-order valence-corrected chi connectivity index (χ2v) is 16.1. The van der Waals surface area contributed by atoms with Gasteiger partial charge in [0, 0.05) is 22.1 Å². The third-order valence-electron chi connectivity index (χ3n) is 11.7. The fourth-order valence-corrected chi connectivity index (χ4v) is 9.01. The number of para-hydroxylation sites is 2. The van der Waals surface area contributed by atoms with Gasteiger partial charge in [-0.3, -0.25) is 0 Å². The Bertz CT molecular complexity index is 3170. The third-order valence-corrected chi connectivity index (χ3v) is 11.7. The molecular formula is C54H39NO. The quantitative estimate of drug-likeness (QED) is 0.176. The van der Waals surface area contributed by atoms with Crippen molar-refractivity contribution in [3.05, 3.63) is 188 Å². The van der Waals surface area contributed by atoms with Crippen LogP contribution in [0.5, 0.6) is 0 Å². The van der Waals surface area contributed by atoms with E-state index in [-0.39, 0.29) is 5.41 Å². The molecule has 0 amide bonds. The van der Waals surface area contributed by atoms with E-state index in [2.05, 4.69) is 202 Å². The van der Waals surface area contributed by atoms with Gasteiger partial charge in [-0.25, -0.2) is 0 Å². The van der Waals surface area contributed by atoms with Gasteiger partial charge in [0.15, 0.2) is 5.58 Å². The molecule has 2 heteroatoms. The lowest BCUT2D eigenvalue weighted by Crippen LogP contribution is -2.14. The van der Waals surface area contributed by atoms with Crippen LogP contribution in [0, 0.1) is 0 Å². The molecule has 0 bridgehead atoms. The molecule has 0 radical (unpaired) electrons. The molecule has 266 valence electrons. The maximum absolute atomic E-state index is 6.67. The molecule has 56 heavy (non-hydrogen) atoms. The first-order valence-corrected chi connectivity index (χ1v) is 19.5. The molecule has 1 heterocycles. The zero-order valence-electron chi connectivity index (χ0n) is 31.7. The molecule has 9 aromatic carbocycles. The Kier molecular flexibility index (Phi) is 7.15. The fourth-order valence-electron chi connectivity index (χ4n) is 9.01. The number of hydrogen-bond acceptors (Lipinski definition) is 2. The molecule has 0 spiro atoms. The fraction of sp³-hybridized carbons (Fsp3) is 0.0741. The van der Waals surface area contributed by atoms with Gasteiger partial charge in [-0.1, -0.05) is 154 Å². The summed E-state index contributed by atoms with van der Waals surface area (Å²) in [6, 6.07) is 66.4. The molecular weight excluding hydrogens is 679 g/mol. The van der Waals surface area contributed by atoms with Gasteiger partial charge < -0.3 is 9.32 Å². The lowest BCUT2D eigenvalue weighted by atomic mass is 9.70. The summed E-state index contributed by atoms with van der Waals surface area (Å²) in [5.41, 5.74) is 16.6. The first-order valence-electron chi connectivity index (χ1n) is 19.5. The van der Waals surface area contributed by atoms with E-state index in [0.29, 0.717) is 0 Å². The maximum Gasteiger partial charge on any atom is 0.159 e. The van der Waals surface area contributed by atoms with Crippen LogP contribution in [-0.2, 0) is 5.41 Å². The Morgan fingerprint density at radius 1 is 0.411 bits per heavy atom. The lowest BCUT2D eigenvalue weighted by Gasteiger charge is -2.33. The molecule has 1 aliphatic rings. The molecule has 0 aliphatic heterocycles. The molecule has 10 aromatic rings. The van der Waals surface area contributed by atoms with Gasteiger partial charge in [0.05, 0.1) is 5.69 Å². The monoisotopic (exact) mass is 717 g/mol. The Labute approximate surface area is 326 Å². The molecule has 0 saturated heterocycles. The number of rotatable bonds is 5. The first-order chi connectivity index (χ1) is 27.4. The van der Waals surface area contributed by atoms with Crippen LogP contribution in [0.1, 0.15) is 26.3 Å². The van der Waals surface area contributed by atoms with Crippen molar-refractivity contribution in [3.63, 3.8) is 0 Å². The Morgan fingerprint density at radius 3 is 1.62 bits per heavy atom. The molecule has 11 rings (SSSR count). The van der Waals surface area contributed by atoms with Gasteiger partial charge >= 0.3 is 0 Å². The zero-order valence-corrected chi connectivity index (χ0v) is 31.7. The van der Waals surface area contributed by atoms with E-state index >= 15 is 0 Å². The third kappa shape index (κ3) is 4.96. The highest BCUT2D eigenvalue weighted by atomic mass is 16.3. The van der Waals surface area contributed by atoms with Crippen molar-refractivity contribution >= 4 is 60.5 Å². The van der Waals surface area contributed by atoms with Crippen molar-refractivity contribution in [3.8, 4) is 44.5 Å². The van der Waals surface area contributed by atoms with Crippen molar-refractivity contribution in [1.82, 2.24) is 0 Å². The Morgan fingerprint density at radius 2 is 0.964 bits per heavy atom. The number of furan rings is 1. The van der Waals surface area contributed by atoms with Gasteiger partial charge in [-0.05, 0) is 126 Å². The highest BCUT2D eigenvalue weighted by Gasteiger charge is 2.33. The standard InChI is InChI=1S/C54H39NO/c1-54(2,3)38-20-14-21-39(33-38)55(47-26-15-25-44-41-22-12-13-27-48(41)56-53(44)47)40-29-28-36-31-45-46(32-37(36)30-40)52-50(35-18-8-5-9-19-35)43-24-11-10-23-42(43)49(51(45)52)34-16-6-4-7-17-34/h4-33H,1-3H3. The highest BCUT2D eigenvalue weighted by Crippen LogP contribution is 2.60. The maximum atomic E-state index is 6.67. The van der Waals surface area contributed by atoms with Crippen LogP contribution in [-0.4, -0.2) is 0 Å². The van der Waals surface area contributed by atoms with Crippen LogP contribution >= 0.6 is 0 Å². The zero-order chi connectivity index (χ0) is 37.5. The number of hydrogen-bond donors (Lipinski definition) is 0. The minimum absolute atomic E-state index is 0.00856. The second-order valence-electron chi connectivity index (χ2n) is 16.1. The summed E-state index contributed by atoms with van der Waals surface area (Å²) >= 11 is 0. The van der Waals surface area contributed by atoms with Crippen LogP contribution in [0.4, 0.5) is 17.1 Å². The van der Waals surface area contributed by atoms with Crippen LogP contribution < -0.4 is 4.90 Å². The predicted octanol–water partition coefficient (Wildman–Crippen LogP) is 15.6. The summed E-state index contributed by atoms with van der Waals surface area (Å²) in [5, 5.41) is 7.22. The van der Waals surface area contributed by atoms with Crippen LogP contribution in [0.2, 0.25) is 0 Å². The highest BCUT2D eigenvalue weighted by molar-refractivity contribution is 6.26. The van der Waals surface area contributed by atoms with E-state index in [4.69, 9.17) is 4.42 Å². The van der Waals surface area contributed by atoms with Crippen LogP contribution in [0.15, 0.2) is 186 Å². The number of benzene rings is 9. The minimum atomic E-state index is -0.00856. The topological polar surface area (TPSA) is 16.4 Å². The van der Waals surface area contributed by atoms with Crippen molar-refractivity contribution < 1.29 is 4.42 Å². The Balaban J connectivity index is 1.16. The summed E-state index contributed by atoms with van der Waals surface area (Å²) < 4.78 is 6.67. The van der Waals surface area contributed by atoms with Crippen LogP contribution in [0.25, 0.3) is 88.0 Å². The summed E-state index contributed by atoms with van der Waals surface area (Å²) in [4.78, 5) is 2.38. The smallest absolute Gasteiger partial charge is 0.159 e. The number of nitrogens with zero attached hydrogens (tertiary/aromatic N) is 1. The van der Waals surface area contributed by atoms with Crippen LogP contribution in [0.3, 0.4) is 0 Å². The SMILES string of the molecule is CC(C)(C)c1cccc(N(c2ccc3cc4c(cc3c2)-c2c-4c(-c3ccccc3)c3ccccc3c2-c2ccccc2)c2cccc3c2oc2ccccc23)c1. The molecule has 1 aromatic heterocycles. The van der Waals surface area contributed by atoms with E-state index in [1.165, 1.54) is 71.6 Å². The Hall–Kier alpha value is -6.90. The summed E-state index contributed by atoms with van der Waals surface area (Å²) in [5.74, 6) is 0. The molecule has 0 fully saturated rings. The molecule has 1 aliphatic carbocycles. The summed E-state index contributed by atoms with van der Waals surface area (Å²) in [6.07, 6.45) is 0. The van der Waals surface area contributed by atoms with Gasteiger partial charge in [0.2, 0.25) is 0 Å². The van der Waals surface area contributed by atoms with Gasteiger partial charge in [-0.2, -0.15) is 0 Å². The van der Waals surface area contributed by atoms with Gasteiger partial charge in [0.1, 0.15) is 5.58 Å². The van der Waals surface area contributed by atoms with Crippen molar-refractivity contribution in [2.45, 2.75) is 26.2 Å². The van der Waals surface area contributed by atoms with E-state index in [9.17, 15) is 0 Å². The lowest BCUT2D eigenvalue weighted by molar-refractivity contribution is 0.590. The van der Waals surface area contributed by atoms with E-state index in [1.54, 1.807) is 0 Å². The van der Waals surface area contributed by atoms with Crippen molar-refractivity contribution in [1.29, 1.82) is 0 Å². The number of anilines is 3. The first kappa shape index (κ1) is 32.5. The molecule has 0 N–H and O–H groups in total. The molecule has 0 atom stereocenters. The second kappa shape index (κ2) is 12.3. The minimum Gasteiger partial charge on any atom is -0.454 e. The van der Waals surface area contributed by atoms with Gasteiger partial charge in [0.25, 0.3) is 0 Å². The summed E-state index contributed by atoms with van der Waals surface area (Å²) in [7, 11) is 0. The molecule has 0 unspecified atom stereocenters. The molecule has 2 nitrogen and oxygen atoms in total. The summed E-state index contributed by atoms with van der Waals surface area (Å²) in [6.45, 7) is 6.83. The largest absolute Gasteiger partial charge is 0.454 e. The van der Waals surface area contributed by atoms with Gasteiger partial charge in [-0.15, -0.1) is 0 Å². The predicted molar refractivity (Wildman–Crippen MR) is 237 cm³/mol.